The molecule has 1 saturated heterocycles. The minimum atomic E-state index is -3.88. The molecular weight excluding hydrogens is 506 g/mol. The topological polar surface area (TPSA) is 88.5 Å². The van der Waals surface area contributed by atoms with Crippen LogP contribution >= 0.6 is 22.9 Å². The number of sulfonamides is 1. The summed E-state index contributed by atoms with van der Waals surface area (Å²) in [6.45, 7) is 2.89. The van der Waals surface area contributed by atoms with E-state index in [4.69, 9.17) is 11.6 Å². The van der Waals surface area contributed by atoms with Gasteiger partial charge in [-0.3, -0.25) is 18.9 Å². The van der Waals surface area contributed by atoms with E-state index in [0.717, 1.165) is 34.6 Å². The molecule has 1 aromatic heterocycles. The summed E-state index contributed by atoms with van der Waals surface area (Å²) >= 11 is 6.95. The smallest absolute Gasteiger partial charge is 0.308 e. The molecule has 10 heteroatoms. The lowest BCUT2D eigenvalue weighted by atomic mass is 10.1. The zero-order valence-electron chi connectivity index (χ0n) is 18.8. The van der Waals surface area contributed by atoms with Crippen LogP contribution in [0.3, 0.4) is 0 Å². The Morgan fingerprint density at radius 2 is 1.80 bits per heavy atom. The first kappa shape index (κ1) is 23.6. The quantitative estimate of drug-likeness (QED) is 0.382. The number of carbonyl (C=O) groups excluding carboxylic acids is 1. The van der Waals surface area contributed by atoms with Crippen molar-refractivity contribution in [3.8, 4) is 0 Å². The zero-order valence-corrected chi connectivity index (χ0v) is 21.2. The fourth-order valence-corrected chi connectivity index (χ4v) is 6.48. The molecule has 7 nitrogen and oxygen atoms in total. The lowest BCUT2D eigenvalue weighted by molar-refractivity contribution is -0.117. The number of halogens is 1. The molecular formula is C25H22ClN3O4S2. The Hall–Kier alpha value is -3.14. The van der Waals surface area contributed by atoms with E-state index in [2.05, 4.69) is 4.72 Å². The largest absolute Gasteiger partial charge is 0.312 e. The first-order valence-electron chi connectivity index (χ1n) is 11.0. The molecule has 3 aromatic carbocycles. The Labute approximate surface area is 211 Å². The van der Waals surface area contributed by atoms with Crippen LogP contribution < -0.4 is 14.5 Å². The highest BCUT2D eigenvalue weighted by Crippen LogP contribution is 2.29. The van der Waals surface area contributed by atoms with Crippen LogP contribution in [0.15, 0.2) is 70.4 Å². The van der Waals surface area contributed by atoms with Crippen LogP contribution in [0, 0.1) is 6.92 Å². The number of nitrogens with zero attached hydrogens (tertiary/aromatic N) is 2. The lowest BCUT2D eigenvalue weighted by Gasteiger charge is -2.19. The molecule has 0 unspecified atom stereocenters. The summed E-state index contributed by atoms with van der Waals surface area (Å²) in [5, 5.41) is 0.619. The van der Waals surface area contributed by atoms with E-state index in [0.29, 0.717) is 40.4 Å². The number of carbonyl (C=O) groups is 1. The Bertz CT molecular complexity index is 1610. The van der Waals surface area contributed by atoms with Crippen LogP contribution in [-0.4, -0.2) is 25.4 Å². The van der Waals surface area contributed by atoms with Gasteiger partial charge in [0.2, 0.25) is 5.91 Å². The molecule has 35 heavy (non-hydrogen) atoms. The molecule has 0 radical (unpaired) electrons. The number of benzene rings is 3. The van der Waals surface area contributed by atoms with Gasteiger partial charge in [0.05, 0.1) is 21.7 Å². The summed E-state index contributed by atoms with van der Waals surface area (Å²) in [6.07, 6.45) is 1.35. The van der Waals surface area contributed by atoms with E-state index in [9.17, 15) is 18.0 Å². The van der Waals surface area contributed by atoms with Gasteiger partial charge >= 0.3 is 4.87 Å². The Kier molecular flexibility index (Phi) is 6.16. The molecule has 0 aliphatic carbocycles. The van der Waals surface area contributed by atoms with Crippen molar-refractivity contribution in [1.29, 1.82) is 0 Å². The van der Waals surface area contributed by atoms with Gasteiger partial charge in [-0.25, -0.2) is 8.42 Å². The van der Waals surface area contributed by atoms with Crippen molar-refractivity contribution in [3.63, 3.8) is 0 Å². The number of thiazole rings is 1. The summed E-state index contributed by atoms with van der Waals surface area (Å²) in [4.78, 5) is 26.3. The van der Waals surface area contributed by atoms with E-state index < -0.39 is 10.0 Å². The lowest BCUT2D eigenvalue weighted by Crippen LogP contribution is -2.24. The second-order valence-electron chi connectivity index (χ2n) is 8.47. The monoisotopic (exact) mass is 527 g/mol. The second kappa shape index (κ2) is 9.14. The number of aromatic nitrogens is 1. The van der Waals surface area contributed by atoms with Crippen molar-refractivity contribution in [2.24, 2.45) is 0 Å². The molecule has 1 aliphatic rings. The molecule has 2 heterocycles. The minimum absolute atomic E-state index is 0.0707. The van der Waals surface area contributed by atoms with Gasteiger partial charge < -0.3 is 4.90 Å². The number of anilines is 2. The summed E-state index contributed by atoms with van der Waals surface area (Å²) in [7, 11) is -3.88. The van der Waals surface area contributed by atoms with E-state index >= 15 is 0 Å². The van der Waals surface area contributed by atoms with Crippen LogP contribution in [0.5, 0.6) is 0 Å². The summed E-state index contributed by atoms with van der Waals surface area (Å²) < 4.78 is 31.0. The number of nitrogens with one attached hydrogen (secondary N) is 1. The molecule has 1 amide bonds. The molecule has 1 N–H and O–H groups in total. The van der Waals surface area contributed by atoms with Gasteiger partial charge in [-0.1, -0.05) is 35.1 Å². The van der Waals surface area contributed by atoms with Crippen molar-refractivity contribution >= 4 is 60.5 Å². The highest BCUT2D eigenvalue weighted by molar-refractivity contribution is 7.92. The molecule has 1 fully saturated rings. The van der Waals surface area contributed by atoms with E-state index in [1.807, 2.05) is 19.1 Å². The fourth-order valence-electron chi connectivity index (χ4n) is 4.27. The highest BCUT2D eigenvalue weighted by atomic mass is 35.5. The number of hydrogen-bond donors (Lipinski definition) is 1. The summed E-state index contributed by atoms with van der Waals surface area (Å²) in [6, 6.07) is 17.1. The molecule has 0 spiro atoms. The first-order chi connectivity index (χ1) is 16.7. The number of amides is 1. The van der Waals surface area contributed by atoms with Crippen LogP contribution in [0.2, 0.25) is 5.02 Å². The van der Waals surface area contributed by atoms with Gasteiger partial charge in [0.1, 0.15) is 0 Å². The van der Waals surface area contributed by atoms with E-state index in [1.165, 1.54) is 12.1 Å². The van der Waals surface area contributed by atoms with Crippen molar-refractivity contribution < 1.29 is 13.2 Å². The van der Waals surface area contributed by atoms with Crippen LogP contribution in [0.4, 0.5) is 11.4 Å². The maximum Gasteiger partial charge on any atom is 0.308 e. The SMILES string of the molecule is Cc1cc(NS(=O)(=O)c2ccc3c(c2)sc(=O)n3Cc2ccc(Cl)cc2)ccc1N1CCCC1=O. The van der Waals surface area contributed by atoms with E-state index in [-0.39, 0.29) is 15.7 Å². The summed E-state index contributed by atoms with van der Waals surface area (Å²) in [5.74, 6) is 0.0803. The van der Waals surface area contributed by atoms with Gasteiger partial charge in [-0.15, -0.1) is 0 Å². The third-order valence-corrected chi connectivity index (χ3v) is 8.59. The Morgan fingerprint density at radius 1 is 1.03 bits per heavy atom. The fraction of sp³-hybridized carbons (Fsp3) is 0.200. The normalized spacial score (nSPS) is 14.1. The van der Waals surface area contributed by atoms with Crippen molar-refractivity contribution in [3.05, 3.63) is 86.5 Å². The van der Waals surface area contributed by atoms with Crippen molar-refractivity contribution in [2.75, 3.05) is 16.2 Å². The molecule has 1 aliphatic heterocycles. The average Bonchev–Trinajstić information content (AvgIpc) is 3.37. The number of hydrogen-bond acceptors (Lipinski definition) is 5. The molecule has 0 saturated carbocycles. The second-order valence-corrected chi connectivity index (χ2v) is 11.6. The third-order valence-electron chi connectivity index (χ3n) is 6.02. The maximum atomic E-state index is 13.1. The molecule has 180 valence electrons. The molecule has 5 rings (SSSR count). The predicted molar refractivity (Wildman–Crippen MR) is 140 cm³/mol. The molecule has 0 atom stereocenters. The summed E-state index contributed by atoms with van der Waals surface area (Å²) in [5.41, 5.74) is 3.61. The Balaban J connectivity index is 1.40. The molecule has 0 bridgehead atoms. The van der Waals surface area contributed by atoms with Crippen LogP contribution in [-0.2, 0) is 21.4 Å². The van der Waals surface area contributed by atoms with Gasteiger partial charge in [0, 0.05) is 29.4 Å². The van der Waals surface area contributed by atoms with Gasteiger partial charge in [0.25, 0.3) is 10.0 Å². The molecule has 4 aromatic rings. The van der Waals surface area contributed by atoms with Crippen LogP contribution in [0.25, 0.3) is 10.2 Å². The number of aryl methyl sites for hydroxylation is 1. The standard InChI is InChI=1S/C25H22ClN3O4S2/c1-16-13-19(8-10-21(16)28-12-2-3-24(28)30)27-35(32,33)20-9-11-22-23(14-20)34-25(31)29(22)15-17-4-6-18(26)7-5-17/h4-11,13-14,27H,2-3,12,15H2,1H3. The number of fused-ring (bicyclic) bond motifs is 1. The highest BCUT2D eigenvalue weighted by Gasteiger charge is 2.23. The predicted octanol–water partition coefficient (Wildman–Crippen LogP) is 5.00. The van der Waals surface area contributed by atoms with E-state index in [1.54, 1.807) is 45.9 Å². The number of rotatable bonds is 6. The van der Waals surface area contributed by atoms with Crippen LogP contribution in [0.1, 0.15) is 24.0 Å². The van der Waals surface area contributed by atoms with Gasteiger partial charge in [0.15, 0.2) is 0 Å². The first-order valence-corrected chi connectivity index (χ1v) is 13.7. The van der Waals surface area contributed by atoms with Crippen molar-refractivity contribution in [1.82, 2.24) is 4.57 Å². The zero-order chi connectivity index (χ0) is 24.7. The Morgan fingerprint density at radius 3 is 2.49 bits per heavy atom. The third kappa shape index (κ3) is 4.71. The van der Waals surface area contributed by atoms with Crippen molar-refractivity contribution in [2.45, 2.75) is 31.2 Å². The maximum absolute atomic E-state index is 13.1. The average molecular weight is 528 g/mol. The van der Waals surface area contributed by atoms with Gasteiger partial charge in [-0.2, -0.15) is 0 Å². The minimum Gasteiger partial charge on any atom is -0.312 e. The van der Waals surface area contributed by atoms with Gasteiger partial charge in [-0.05, 0) is 73.0 Å².